The van der Waals surface area contributed by atoms with E-state index >= 15 is 0 Å². The van der Waals surface area contributed by atoms with Gasteiger partial charge >= 0.3 is 5.63 Å². The van der Waals surface area contributed by atoms with Crippen molar-refractivity contribution in [2.45, 2.75) is 13.8 Å². The molecule has 4 aromatic rings. The quantitative estimate of drug-likeness (QED) is 0.419. The van der Waals surface area contributed by atoms with Gasteiger partial charge in [0.2, 0.25) is 0 Å². The van der Waals surface area contributed by atoms with Crippen LogP contribution in [-0.2, 0) is 0 Å². The SMILES string of the molecule is Cc1ccc(C(=O)c2cc(-c3ccc(C)cc3)oc(=O)c2-c2ccccc2)cc1. The zero-order valence-corrected chi connectivity index (χ0v) is 16.3. The molecule has 0 atom stereocenters. The zero-order chi connectivity index (χ0) is 20.4. The maximum Gasteiger partial charge on any atom is 0.344 e. The van der Waals surface area contributed by atoms with E-state index < -0.39 is 5.63 Å². The predicted molar refractivity (Wildman–Crippen MR) is 115 cm³/mol. The molecule has 4 rings (SSSR count). The highest BCUT2D eigenvalue weighted by Crippen LogP contribution is 2.28. The Morgan fingerprint density at radius 2 is 1.31 bits per heavy atom. The third kappa shape index (κ3) is 3.81. The summed E-state index contributed by atoms with van der Waals surface area (Å²) in [5, 5.41) is 0. The molecule has 0 aliphatic carbocycles. The molecule has 0 aliphatic rings. The van der Waals surface area contributed by atoms with Gasteiger partial charge in [0.05, 0.1) is 5.56 Å². The summed E-state index contributed by atoms with van der Waals surface area (Å²) in [5.74, 6) is 0.176. The van der Waals surface area contributed by atoms with Crippen molar-refractivity contribution < 1.29 is 9.21 Å². The summed E-state index contributed by atoms with van der Waals surface area (Å²) in [6.45, 7) is 3.96. The Hall–Kier alpha value is -3.72. The number of ketones is 1. The highest BCUT2D eigenvalue weighted by molar-refractivity contribution is 6.13. The average molecular weight is 380 g/mol. The summed E-state index contributed by atoms with van der Waals surface area (Å²) in [6.07, 6.45) is 0. The molecule has 0 spiro atoms. The van der Waals surface area contributed by atoms with E-state index in [9.17, 15) is 9.59 Å². The van der Waals surface area contributed by atoms with Crippen LogP contribution in [-0.4, -0.2) is 5.78 Å². The second kappa shape index (κ2) is 7.72. The Labute approximate surface area is 169 Å². The van der Waals surface area contributed by atoms with Gasteiger partial charge in [0, 0.05) is 16.7 Å². The van der Waals surface area contributed by atoms with Crippen molar-refractivity contribution >= 4 is 5.78 Å². The lowest BCUT2D eigenvalue weighted by atomic mass is 9.94. The van der Waals surface area contributed by atoms with E-state index in [4.69, 9.17) is 4.42 Å². The summed E-state index contributed by atoms with van der Waals surface area (Å²) in [7, 11) is 0. The minimum atomic E-state index is -0.523. The lowest BCUT2D eigenvalue weighted by molar-refractivity contribution is 0.103. The van der Waals surface area contributed by atoms with Crippen molar-refractivity contribution in [2.75, 3.05) is 0 Å². The molecule has 1 heterocycles. The van der Waals surface area contributed by atoms with E-state index in [1.807, 2.05) is 80.6 Å². The summed E-state index contributed by atoms with van der Waals surface area (Å²) in [6, 6.07) is 25.8. The summed E-state index contributed by atoms with van der Waals surface area (Å²) in [5.41, 5.74) is 4.22. The van der Waals surface area contributed by atoms with Crippen LogP contribution < -0.4 is 5.63 Å². The first-order valence-corrected chi connectivity index (χ1v) is 9.45. The van der Waals surface area contributed by atoms with E-state index in [-0.39, 0.29) is 11.3 Å². The van der Waals surface area contributed by atoms with Gasteiger partial charge in [0.1, 0.15) is 5.76 Å². The maximum absolute atomic E-state index is 13.4. The third-order valence-corrected chi connectivity index (χ3v) is 4.91. The molecule has 0 saturated heterocycles. The topological polar surface area (TPSA) is 47.3 Å². The largest absolute Gasteiger partial charge is 0.422 e. The number of benzene rings is 3. The summed E-state index contributed by atoms with van der Waals surface area (Å²) >= 11 is 0. The Morgan fingerprint density at radius 3 is 1.93 bits per heavy atom. The minimum Gasteiger partial charge on any atom is -0.422 e. The van der Waals surface area contributed by atoms with Crippen LogP contribution in [0.25, 0.3) is 22.5 Å². The molecule has 142 valence electrons. The molecular weight excluding hydrogens is 360 g/mol. The molecule has 3 aromatic carbocycles. The number of carbonyl (C=O) groups excluding carboxylic acids is 1. The van der Waals surface area contributed by atoms with Gasteiger partial charge in [-0.05, 0) is 25.5 Å². The van der Waals surface area contributed by atoms with Gasteiger partial charge in [0.25, 0.3) is 0 Å². The van der Waals surface area contributed by atoms with Gasteiger partial charge in [-0.1, -0.05) is 90.0 Å². The summed E-state index contributed by atoms with van der Waals surface area (Å²) in [4.78, 5) is 26.3. The molecule has 0 aliphatic heterocycles. The normalized spacial score (nSPS) is 10.7. The number of rotatable bonds is 4. The highest BCUT2D eigenvalue weighted by Gasteiger charge is 2.21. The molecule has 0 fully saturated rings. The second-order valence-electron chi connectivity index (χ2n) is 7.11. The molecular formula is C26H20O3. The van der Waals surface area contributed by atoms with Crippen molar-refractivity contribution in [1.29, 1.82) is 0 Å². The summed E-state index contributed by atoms with van der Waals surface area (Å²) < 4.78 is 5.63. The van der Waals surface area contributed by atoms with E-state index in [2.05, 4.69) is 0 Å². The molecule has 0 unspecified atom stereocenters. The lowest BCUT2D eigenvalue weighted by Gasteiger charge is -2.11. The standard InChI is InChI=1S/C26H20O3/c1-17-8-12-19(13-9-17)23-16-22(25(27)21-14-10-18(2)11-15-21)24(26(28)29-23)20-6-4-3-5-7-20/h3-16H,1-2H3. The molecule has 3 nitrogen and oxygen atoms in total. The smallest absolute Gasteiger partial charge is 0.344 e. The number of hydrogen-bond acceptors (Lipinski definition) is 3. The van der Waals surface area contributed by atoms with E-state index in [1.54, 1.807) is 18.2 Å². The second-order valence-corrected chi connectivity index (χ2v) is 7.11. The molecule has 0 radical (unpaired) electrons. The van der Waals surface area contributed by atoms with Gasteiger partial charge < -0.3 is 4.42 Å². The van der Waals surface area contributed by atoms with Gasteiger partial charge in [-0.2, -0.15) is 0 Å². The molecule has 29 heavy (non-hydrogen) atoms. The molecule has 0 saturated carbocycles. The van der Waals surface area contributed by atoms with Crippen LogP contribution in [0.5, 0.6) is 0 Å². The van der Waals surface area contributed by atoms with Crippen molar-refractivity contribution in [1.82, 2.24) is 0 Å². The lowest BCUT2D eigenvalue weighted by Crippen LogP contribution is -2.13. The minimum absolute atomic E-state index is 0.204. The first-order valence-electron chi connectivity index (χ1n) is 9.45. The van der Waals surface area contributed by atoms with Crippen LogP contribution >= 0.6 is 0 Å². The van der Waals surface area contributed by atoms with Crippen molar-refractivity contribution in [3.05, 3.63) is 118 Å². The third-order valence-electron chi connectivity index (χ3n) is 4.91. The van der Waals surface area contributed by atoms with Gasteiger partial charge in [-0.15, -0.1) is 0 Å². The molecule has 1 aromatic heterocycles. The van der Waals surface area contributed by atoms with Crippen LogP contribution in [0.1, 0.15) is 27.0 Å². The zero-order valence-electron chi connectivity index (χ0n) is 16.3. The van der Waals surface area contributed by atoms with Gasteiger partial charge in [-0.25, -0.2) is 4.79 Å². The fourth-order valence-corrected chi connectivity index (χ4v) is 3.27. The van der Waals surface area contributed by atoms with Crippen LogP contribution in [0.15, 0.2) is 94.1 Å². The van der Waals surface area contributed by atoms with E-state index in [0.29, 0.717) is 22.5 Å². The van der Waals surface area contributed by atoms with Gasteiger partial charge in [0.15, 0.2) is 5.78 Å². The van der Waals surface area contributed by atoms with E-state index in [1.165, 1.54) is 0 Å². The molecule has 0 N–H and O–H groups in total. The predicted octanol–water partition coefficient (Wildman–Crippen LogP) is 5.82. The van der Waals surface area contributed by atoms with Crippen LogP contribution in [0, 0.1) is 13.8 Å². The average Bonchev–Trinajstić information content (AvgIpc) is 2.74. The monoisotopic (exact) mass is 380 g/mol. The fraction of sp³-hybridized carbons (Fsp3) is 0.0769. The molecule has 3 heteroatoms. The maximum atomic E-state index is 13.4. The van der Waals surface area contributed by atoms with Crippen LogP contribution in [0.4, 0.5) is 0 Å². The number of aryl methyl sites for hydroxylation is 2. The first kappa shape index (κ1) is 18.6. The highest BCUT2D eigenvalue weighted by atomic mass is 16.4. The Bertz CT molecular complexity index is 1220. The van der Waals surface area contributed by atoms with Crippen molar-refractivity contribution in [3.63, 3.8) is 0 Å². The van der Waals surface area contributed by atoms with Gasteiger partial charge in [-0.3, -0.25) is 4.79 Å². The van der Waals surface area contributed by atoms with Crippen LogP contribution in [0.3, 0.4) is 0 Å². The number of hydrogen-bond donors (Lipinski definition) is 0. The van der Waals surface area contributed by atoms with E-state index in [0.717, 1.165) is 16.7 Å². The van der Waals surface area contributed by atoms with Crippen LogP contribution in [0.2, 0.25) is 0 Å². The Morgan fingerprint density at radius 1 is 0.724 bits per heavy atom. The van der Waals surface area contributed by atoms with Crippen molar-refractivity contribution in [3.8, 4) is 22.5 Å². The molecule has 0 amide bonds. The number of carbonyl (C=O) groups is 1. The Kier molecular flexibility index (Phi) is 4.96. The van der Waals surface area contributed by atoms with Crippen molar-refractivity contribution in [2.24, 2.45) is 0 Å². The molecule has 0 bridgehead atoms. The fourth-order valence-electron chi connectivity index (χ4n) is 3.27. The Balaban J connectivity index is 1.94. The first-order chi connectivity index (χ1) is 14.0.